The molecule has 1 aliphatic carbocycles. The monoisotopic (exact) mass is 285 g/mol. The van der Waals surface area contributed by atoms with E-state index >= 15 is 0 Å². The van der Waals surface area contributed by atoms with Crippen molar-refractivity contribution < 1.29 is 4.42 Å². The number of para-hydroxylation sites is 1. The lowest BCUT2D eigenvalue weighted by Crippen LogP contribution is -2.31. The van der Waals surface area contributed by atoms with Crippen molar-refractivity contribution in [3.05, 3.63) is 36.1 Å². The lowest BCUT2D eigenvalue weighted by atomic mass is 9.75. The number of fused-ring (bicyclic) bond motifs is 1. The van der Waals surface area contributed by atoms with Gasteiger partial charge >= 0.3 is 0 Å². The summed E-state index contributed by atoms with van der Waals surface area (Å²) in [6, 6.07) is 8.86. The van der Waals surface area contributed by atoms with Crippen LogP contribution in [0.3, 0.4) is 0 Å². The largest absolute Gasteiger partial charge is 0.464 e. The Morgan fingerprint density at radius 1 is 1.24 bits per heavy atom. The topological polar surface area (TPSA) is 25.2 Å². The second-order valence-electron chi connectivity index (χ2n) is 6.42. The summed E-state index contributed by atoms with van der Waals surface area (Å²) in [6.07, 6.45) is 8.79. The lowest BCUT2D eigenvalue weighted by molar-refractivity contribution is 0.211. The highest BCUT2D eigenvalue weighted by molar-refractivity contribution is 5.81. The second-order valence-corrected chi connectivity index (χ2v) is 6.42. The zero-order chi connectivity index (χ0) is 14.7. The van der Waals surface area contributed by atoms with Crippen LogP contribution in [0.5, 0.6) is 0 Å². The molecule has 1 fully saturated rings. The molecule has 114 valence electrons. The van der Waals surface area contributed by atoms with Crippen molar-refractivity contribution in [3.63, 3.8) is 0 Å². The van der Waals surface area contributed by atoms with E-state index in [0.717, 1.165) is 24.0 Å². The average molecular weight is 285 g/mol. The van der Waals surface area contributed by atoms with Crippen LogP contribution in [-0.2, 0) is 0 Å². The molecule has 3 atom stereocenters. The van der Waals surface area contributed by atoms with E-state index in [1.165, 1.54) is 43.1 Å². The first-order valence-corrected chi connectivity index (χ1v) is 8.53. The van der Waals surface area contributed by atoms with Gasteiger partial charge in [0.05, 0.1) is 6.26 Å². The maximum absolute atomic E-state index is 5.78. The Bertz CT molecular complexity index is 574. The van der Waals surface area contributed by atoms with Crippen molar-refractivity contribution in [2.75, 3.05) is 6.54 Å². The van der Waals surface area contributed by atoms with Gasteiger partial charge in [0.2, 0.25) is 0 Å². The van der Waals surface area contributed by atoms with Crippen molar-refractivity contribution in [1.82, 2.24) is 5.32 Å². The van der Waals surface area contributed by atoms with Crippen LogP contribution in [0.25, 0.3) is 11.0 Å². The zero-order valence-corrected chi connectivity index (χ0v) is 13.3. The van der Waals surface area contributed by atoms with Crippen molar-refractivity contribution >= 4 is 11.0 Å². The summed E-state index contributed by atoms with van der Waals surface area (Å²) in [6.45, 7) is 5.55. The van der Waals surface area contributed by atoms with Gasteiger partial charge in [-0.3, -0.25) is 0 Å². The highest BCUT2D eigenvalue weighted by Crippen LogP contribution is 2.40. The predicted octanol–water partition coefficient (Wildman–Crippen LogP) is 5.30. The van der Waals surface area contributed by atoms with Crippen molar-refractivity contribution in [3.8, 4) is 0 Å². The number of benzene rings is 1. The summed E-state index contributed by atoms with van der Waals surface area (Å²) in [5.41, 5.74) is 2.37. The molecule has 1 aromatic heterocycles. The van der Waals surface area contributed by atoms with E-state index in [1.54, 1.807) is 0 Å². The molecule has 1 saturated carbocycles. The second kappa shape index (κ2) is 6.65. The van der Waals surface area contributed by atoms with E-state index in [4.69, 9.17) is 4.42 Å². The third kappa shape index (κ3) is 3.01. The molecule has 3 unspecified atom stereocenters. The maximum atomic E-state index is 5.78. The van der Waals surface area contributed by atoms with Gasteiger partial charge in [-0.25, -0.2) is 0 Å². The normalized spacial score (nSPS) is 24.3. The molecule has 0 bridgehead atoms. The molecule has 0 aliphatic heterocycles. The Hall–Kier alpha value is -1.28. The first-order valence-electron chi connectivity index (χ1n) is 8.53. The van der Waals surface area contributed by atoms with Gasteiger partial charge in [0, 0.05) is 17.0 Å². The molecule has 1 heterocycles. The molecule has 1 N–H and O–H groups in total. The van der Waals surface area contributed by atoms with Gasteiger partial charge in [0.1, 0.15) is 5.58 Å². The van der Waals surface area contributed by atoms with Gasteiger partial charge in [0.15, 0.2) is 0 Å². The van der Waals surface area contributed by atoms with Crippen LogP contribution in [0, 0.1) is 11.8 Å². The molecule has 1 aromatic carbocycles. The van der Waals surface area contributed by atoms with Gasteiger partial charge in [-0.1, -0.05) is 51.3 Å². The first kappa shape index (κ1) is 14.6. The van der Waals surface area contributed by atoms with E-state index in [2.05, 4.69) is 37.4 Å². The number of nitrogens with one attached hydrogen (secondary N) is 1. The Morgan fingerprint density at radius 2 is 2.10 bits per heavy atom. The van der Waals surface area contributed by atoms with Crippen LogP contribution in [0.1, 0.15) is 57.6 Å². The molecule has 21 heavy (non-hydrogen) atoms. The summed E-state index contributed by atoms with van der Waals surface area (Å²) in [5, 5.41) is 5.01. The smallest absolute Gasteiger partial charge is 0.134 e. The molecule has 0 radical (unpaired) electrons. The summed E-state index contributed by atoms with van der Waals surface area (Å²) in [7, 11) is 0. The van der Waals surface area contributed by atoms with Crippen LogP contribution in [-0.4, -0.2) is 6.54 Å². The van der Waals surface area contributed by atoms with E-state index in [9.17, 15) is 0 Å². The fourth-order valence-electron chi connectivity index (χ4n) is 4.00. The summed E-state index contributed by atoms with van der Waals surface area (Å²) < 4.78 is 5.78. The molecule has 0 spiro atoms. The van der Waals surface area contributed by atoms with E-state index in [0.29, 0.717) is 6.04 Å². The van der Waals surface area contributed by atoms with Crippen LogP contribution in [0.4, 0.5) is 0 Å². The third-order valence-electron chi connectivity index (χ3n) is 5.14. The quantitative estimate of drug-likeness (QED) is 0.806. The number of hydrogen-bond acceptors (Lipinski definition) is 2. The van der Waals surface area contributed by atoms with E-state index in [1.807, 2.05) is 12.3 Å². The fraction of sp³-hybridized carbons (Fsp3) is 0.579. The fourth-order valence-corrected chi connectivity index (χ4v) is 4.00. The zero-order valence-electron chi connectivity index (χ0n) is 13.3. The Balaban J connectivity index is 1.90. The van der Waals surface area contributed by atoms with E-state index in [-0.39, 0.29) is 0 Å². The number of furan rings is 1. The highest BCUT2D eigenvalue weighted by Gasteiger charge is 2.30. The number of rotatable bonds is 5. The average Bonchev–Trinajstić information content (AvgIpc) is 2.96. The summed E-state index contributed by atoms with van der Waals surface area (Å²) >= 11 is 0. The molecule has 2 aromatic rings. The molecule has 2 nitrogen and oxygen atoms in total. The molecule has 0 amide bonds. The van der Waals surface area contributed by atoms with Crippen LogP contribution < -0.4 is 5.32 Å². The summed E-state index contributed by atoms with van der Waals surface area (Å²) in [4.78, 5) is 0. The molecule has 2 heteroatoms. The number of hydrogen-bond donors (Lipinski definition) is 1. The van der Waals surface area contributed by atoms with Crippen LogP contribution in [0.15, 0.2) is 34.9 Å². The summed E-state index contributed by atoms with van der Waals surface area (Å²) in [5.74, 6) is 1.65. The van der Waals surface area contributed by atoms with Gasteiger partial charge in [-0.15, -0.1) is 0 Å². The minimum absolute atomic E-state index is 0.438. The SMILES string of the molecule is CCNC(c1coc2ccccc12)C1CCCC(CC)C1. The minimum atomic E-state index is 0.438. The van der Waals surface area contributed by atoms with Crippen molar-refractivity contribution in [1.29, 1.82) is 0 Å². The molecule has 1 aliphatic rings. The Kier molecular flexibility index (Phi) is 4.64. The van der Waals surface area contributed by atoms with Gasteiger partial charge in [0.25, 0.3) is 0 Å². The van der Waals surface area contributed by atoms with Crippen molar-refractivity contribution in [2.24, 2.45) is 11.8 Å². The molecule has 0 saturated heterocycles. The van der Waals surface area contributed by atoms with Gasteiger partial charge < -0.3 is 9.73 Å². The Morgan fingerprint density at radius 3 is 2.90 bits per heavy atom. The lowest BCUT2D eigenvalue weighted by Gasteiger charge is -2.34. The van der Waals surface area contributed by atoms with Crippen LogP contribution in [0.2, 0.25) is 0 Å². The predicted molar refractivity (Wildman–Crippen MR) is 88.4 cm³/mol. The van der Waals surface area contributed by atoms with Gasteiger partial charge in [-0.2, -0.15) is 0 Å². The molecular weight excluding hydrogens is 258 g/mol. The highest BCUT2D eigenvalue weighted by atomic mass is 16.3. The molecular formula is C19H27NO. The van der Waals surface area contributed by atoms with Crippen LogP contribution >= 0.6 is 0 Å². The maximum Gasteiger partial charge on any atom is 0.134 e. The third-order valence-corrected chi connectivity index (χ3v) is 5.14. The first-order chi connectivity index (χ1) is 10.3. The van der Waals surface area contributed by atoms with Gasteiger partial charge in [-0.05, 0) is 37.3 Å². The standard InChI is InChI=1S/C19H27NO/c1-3-14-8-7-9-15(12-14)19(20-4-2)17-13-21-18-11-6-5-10-16(17)18/h5-6,10-11,13-15,19-20H,3-4,7-9,12H2,1-2H3. The van der Waals surface area contributed by atoms with Crippen molar-refractivity contribution in [2.45, 2.75) is 52.0 Å². The van der Waals surface area contributed by atoms with E-state index < -0.39 is 0 Å². The molecule has 3 rings (SSSR count). The minimum Gasteiger partial charge on any atom is -0.464 e. The Labute approximate surface area is 127 Å².